The molecule has 6 nitrogen and oxygen atoms in total. The zero-order valence-corrected chi connectivity index (χ0v) is 9.86. The highest BCUT2D eigenvalue weighted by atomic mass is 16.5. The van der Waals surface area contributed by atoms with Crippen molar-refractivity contribution in [2.45, 2.75) is 0 Å². The van der Waals surface area contributed by atoms with E-state index < -0.39 is 6.03 Å². The third-order valence-corrected chi connectivity index (χ3v) is 2.03. The van der Waals surface area contributed by atoms with Crippen LogP contribution >= 0.6 is 0 Å². The lowest BCUT2D eigenvalue weighted by molar-refractivity contribution is 0.241. The molecule has 94 valence electrons. The lowest BCUT2D eigenvalue weighted by Gasteiger charge is -2.13. The minimum atomic E-state index is -0.583. The van der Waals surface area contributed by atoms with Crippen LogP contribution in [0.4, 0.5) is 4.79 Å². The molecule has 0 aliphatic carbocycles. The lowest BCUT2D eigenvalue weighted by Crippen LogP contribution is -2.32. The SMILES string of the molecule is COc1cccc(OC)c1OCCNC(N)=O. The first-order valence-corrected chi connectivity index (χ1v) is 5.06. The molecule has 1 aromatic rings. The summed E-state index contributed by atoms with van der Waals surface area (Å²) in [6.45, 7) is 0.593. The quantitative estimate of drug-likeness (QED) is 0.719. The summed E-state index contributed by atoms with van der Waals surface area (Å²) in [5, 5.41) is 2.42. The third kappa shape index (κ3) is 3.75. The minimum absolute atomic E-state index is 0.277. The second-order valence-corrected chi connectivity index (χ2v) is 3.13. The van der Waals surface area contributed by atoms with E-state index in [1.54, 1.807) is 32.4 Å². The van der Waals surface area contributed by atoms with E-state index in [0.29, 0.717) is 23.8 Å². The molecule has 0 radical (unpaired) electrons. The number of ether oxygens (including phenoxy) is 3. The van der Waals surface area contributed by atoms with Crippen LogP contribution in [0, 0.1) is 0 Å². The van der Waals surface area contributed by atoms with Crippen LogP contribution in [0.2, 0.25) is 0 Å². The van der Waals surface area contributed by atoms with Gasteiger partial charge in [-0.3, -0.25) is 0 Å². The van der Waals surface area contributed by atoms with E-state index in [1.165, 1.54) is 0 Å². The maximum absolute atomic E-state index is 10.5. The number of rotatable bonds is 6. The van der Waals surface area contributed by atoms with Crippen molar-refractivity contribution in [3.63, 3.8) is 0 Å². The summed E-state index contributed by atoms with van der Waals surface area (Å²) < 4.78 is 15.8. The summed E-state index contributed by atoms with van der Waals surface area (Å²) in [6.07, 6.45) is 0. The molecule has 0 fully saturated rings. The Balaban J connectivity index is 2.64. The van der Waals surface area contributed by atoms with Crippen molar-refractivity contribution in [2.24, 2.45) is 5.73 Å². The van der Waals surface area contributed by atoms with Gasteiger partial charge in [-0.15, -0.1) is 0 Å². The molecule has 0 spiro atoms. The van der Waals surface area contributed by atoms with Gasteiger partial charge in [0.15, 0.2) is 11.5 Å². The number of nitrogens with one attached hydrogen (secondary N) is 1. The number of para-hydroxylation sites is 1. The Labute approximate surface area is 99.6 Å². The average Bonchev–Trinajstić information content (AvgIpc) is 2.34. The van der Waals surface area contributed by atoms with Crippen molar-refractivity contribution in [1.29, 1.82) is 0 Å². The van der Waals surface area contributed by atoms with Gasteiger partial charge in [-0.1, -0.05) is 6.07 Å². The van der Waals surface area contributed by atoms with E-state index in [0.717, 1.165) is 0 Å². The topological polar surface area (TPSA) is 82.8 Å². The number of nitrogens with two attached hydrogens (primary N) is 1. The van der Waals surface area contributed by atoms with E-state index in [4.69, 9.17) is 19.9 Å². The van der Waals surface area contributed by atoms with Crippen LogP contribution in [0.5, 0.6) is 17.2 Å². The number of primary amides is 1. The summed E-state index contributed by atoms with van der Waals surface area (Å²) in [5.74, 6) is 1.65. The molecule has 17 heavy (non-hydrogen) atoms. The molecule has 0 saturated carbocycles. The molecule has 0 unspecified atom stereocenters. The Bertz CT molecular complexity index is 359. The summed E-state index contributed by atoms with van der Waals surface area (Å²) in [7, 11) is 3.09. The first kappa shape index (κ1) is 13.0. The maximum Gasteiger partial charge on any atom is 0.312 e. The van der Waals surface area contributed by atoms with Gasteiger partial charge >= 0.3 is 6.03 Å². The highest BCUT2D eigenvalue weighted by molar-refractivity contribution is 5.71. The monoisotopic (exact) mass is 240 g/mol. The van der Waals surface area contributed by atoms with Crippen LogP contribution in [-0.4, -0.2) is 33.4 Å². The molecule has 0 aromatic heterocycles. The molecule has 0 aliphatic heterocycles. The van der Waals surface area contributed by atoms with E-state index >= 15 is 0 Å². The second-order valence-electron chi connectivity index (χ2n) is 3.13. The Morgan fingerprint density at radius 3 is 2.35 bits per heavy atom. The zero-order chi connectivity index (χ0) is 12.7. The molecule has 6 heteroatoms. The van der Waals surface area contributed by atoms with Crippen molar-refractivity contribution in [1.82, 2.24) is 5.32 Å². The van der Waals surface area contributed by atoms with Gasteiger partial charge in [0.2, 0.25) is 5.75 Å². The van der Waals surface area contributed by atoms with Gasteiger partial charge in [-0.05, 0) is 12.1 Å². The largest absolute Gasteiger partial charge is 0.493 e. The van der Waals surface area contributed by atoms with Crippen LogP contribution in [0.3, 0.4) is 0 Å². The number of benzene rings is 1. The van der Waals surface area contributed by atoms with Crippen LogP contribution < -0.4 is 25.3 Å². The van der Waals surface area contributed by atoms with Crippen molar-refractivity contribution < 1.29 is 19.0 Å². The molecule has 3 N–H and O–H groups in total. The van der Waals surface area contributed by atoms with Crippen molar-refractivity contribution in [3.8, 4) is 17.2 Å². The number of amides is 2. The van der Waals surface area contributed by atoms with Crippen molar-refractivity contribution in [3.05, 3.63) is 18.2 Å². The first-order chi connectivity index (χ1) is 8.19. The van der Waals surface area contributed by atoms with Gasteiger partial charge in [-0.25, -0.2) is 4.79 Å². The lowest BCUT2D eigenvalue weighted by atomic mass is 10.3. The second kappa shape index (κ2) is 6.47. The maximum atomic E-state index is 10.5. The number of hydrogen-bond acceptors (Lipinski definition) is 4. The van der Waals surface area contributed by atoms with Gasteiger partial charge in [0.05, 0.1) is 20.8 Å². The molecule has 0 aliphatic rings. The summed E-state index contributed by atoms with van der Waals surface area (Å²) in [5.41, 5.74) is 4.93. The van der Waals surface area contributed by atoms with Gasteiger partial charge in [-0.2, -0.15) is 0 Å². The molecule has 0 heterocycles. The molecule has 0 atom stereocenters. The van der Waals surface area contributed by atoms with Gasteiger partial charge in [0.25, 0.3) is 0 Å². The minimum Gasteiger partial charge on any atom is -0.493 e. The number of carbonyl (C=O) groups excluding carboxylic acids is 1. The highest BCUT2D eigenvalue weighted by Gasteiger charge is 2.10. The first-order valence-electron chi connectivity index (χ1n) is 5.06. The molecule has 2 amide bonds. The molecular formula is C11H16N2O4. The fraction of sp³-hybridized carbons (Fsp3) is 0.364. The number of methoxy groups -OCH3 is 2. The Kier molecular flexibility index (Phi) is 4.93. The van der Waals surface area contributed by atoms with E-state index in [1.807, 2.05) is 0 Å². The fourth-order valence-corrected chi connectivity index (χ4v) is 1.29. The van der Waals surface area contributed by atoms with Crippen LogP contribution in [0.15, 0.2) is 18.2 Å². The predicted octanol–water partition coefficient (Wildman–Crippen LogP) is 0.751. The Morgan fingerprint density at radius 2 is 1.88 bits per heavy atom. The summed E-state index contributed by atoms with van der Waals surface area (Å²) >= 11 is 0. The van der Waals surface area contributed by atoms with E-state index in [2.05, 4.69) is 5.32 Å². The van der Waals surface area contributed by atoms with Crippen LogP contribution in [-0.2, 0) is 0 Å². The molecule has 1 aromatic carbocycles. The molecule has 1 rings (SSSR count). The van der Waals surface area contributed by atoms with Crippen LogP contribution in [0.25, 0.3) is 0 Å². The van der Waals surface area contributed by atoms with Gasteiger partial charge < -0.3 is 25.3 Å². The summed E-state index contributed by atoms with van der Waals surface area (Å²) in [4.78, 5) is 10.5. The van der Waals surface area contributed by atoms with Crippen molar-refractivity contribution >= 4 is 6.03 Å². The highest BCUT2D eigenvalue weighted by Crippen LogP contribution is 2.36. The molecule has 0 saturated heterocycles. The Hall–Kier alpha value is -2.11. The Morgan fingerprint density at radius 1 is 1.29 bits per heavy atom. The van der Waals surface area contributed by atoms with Crippen molar-refractivity contribution in [2.75, 3.05) is 27.4 Å². The van der Waals surface area contributed by atoms with E-state index in [9.17, 15) is 4.79 Å². The standard InChI is InChI=1S/C11H16N2O4/c1-15-8-4-3-5-9(16-2)10(8)17-7-6-13-11(12)14/h3-5H,6-7H2,1-2H3,(H3,12,13,14). The number of carbonyl (C=O) groups is 1. The summed E-state index contributed by atoms with van der Waals surface area (Å²) in [6, 6.07) is 4.74. The molecular weight excluding hydrogens is 224 g/mol. The number of hydrogen-bond donors (Lipinski definition) is 2. The normalized spacial score (nSPS) is 9.53. The zero-order valence-electron chi connectivity index (χ0n) is 9.86. The number of urea groups is 1. The van der Waals surface area contributed by atoms with E-state index in [-0.39, 0.29) is 6.61 Å². The third-order valence-electron chi connectivity index (χ3n) is 2.03. The van der Waals surface area contributed by atoms with Gasteiger partial charge in [0.1, 0.15) is 6.61 Å². The molecule has 0 bridgehead atoms. The fourth-order valence-electron chi connectivity index (χ4n) is 1.29. The smallest absolute Gasteiger partial charge is 0.312 e. The van der Waals surface area contributed by atoms with Gasteiger partial charge in [0, 0.05) is 0 Å². The van der Waals surface area contributed by atoms with Crippen LogP contribution in [0.1, 0.15) is 0 Å². The average molecular weight is 240 g/mol. The predicted molar refractivity (Wildman–Crippen MR) is 62.6 cm³/mol.